The van der Waals surface area contributed by atoms with Gasteiger partial charge in [-0.05, 0) is 66.8 Å². The number of hydrogen-bond donors (Lipinski definition) is 1. The summed E-state index contributed by atoms with van der Waals surface area (Å²) in [5, 5.41) is 11.5. The van der Waals surface area contributed by atoms with Gasteiger partial charge in [0.2, 0.25) is 0 Å². The number of alkyl halides is 12. The van der Waals surface area contributed by atoms with Gasteiger partial charge in [-0.1, -0.05) is 23.8 Å². The van der Waals surface area contributed by atoms with Crippen LogP contribution in [-0.4, -0.2) is 5.11 Å². The van der Waals surface area contributed by atoms with E-state index in [2.05, 4.69) is 0 Å². The van der Waals surface area contributed by atoms with Gasteiger partial charge in [-0.15, -0.1) is 0 Å². The average molecular weight is 548 g/mol. The SMILES string of the molecule is OC(CCC1=CCC=C1)(c1cc(C(F)(F)F)cc(C(F)(F)F)c1)c1cc(C(F)(F)F)cc(C(F)(F)F)c1. The van der Waals surface area contributed by atoms with E-state index in [1.807, 2.05) is 0 Å². The van der Waals surface area contributed by atoms with E-state index in [1.165, 1.54) is 6.08 Å². The van der Waals surface area contributed by atoms with Crippen molar-refractivity contribution in [1.29, 1.82) is 0 Å². The molecule has 2 aromatic carbocycles. The Morgan fingerprint density at radius 2 is 0.865 bits per heavy atom. The Kier molecular flexibility index (Phi) is 7.28. The minimum absolute atomic E-state index is 0.0850. The maximum Gasteiger partial charge on any atom is 0.416 e. The summed E-state index contributed by atoms with van der Waals surface area (Å²) < 4.78 is 161. The van der Waals surface area contributed by atoms with Crippen LogP contribution in [0.3, 0.4) is 0 Å². The first-order valence-corrected chi connectivity index (χ1v) is 10.4. The van der Waals surface area contributed by atoms with E-state index < -0.39 is 70.1 Å². The largest absolute Gasteiger partial charge is 0.416 e. The number of hydrogen-bond acceptors (Lipinski definition) is 1. The van der Waals surface area contributed by atoms with Gasteiger partial charge < -0.3 is 5.11 Å². The van der Waals surface area contributed by atoms with Crippen LogP contribution in [0.15, 0.2) is 60.2 Å². The van der Waals surface area contributed by atoms with Gasteiger partial charge in [0, 0.05) is 0 Å². The summed E-state index contributed by atoms with van der Waals surface area (Å²) in [6.07, 6.45) is -17.5. The molecule has 1 N–H and O–H groups in total. The van der Waals surface area contributed by atoms with Crippen LogP contribution in [0.25, 0.3) is 0 Å². The number of allylic oxidation sites excluding steroid dienone is 4. The molecule has 0 unspecified atom stereocenters. The zero-order valence-corrected chi connectivity index (χ0v) is 18.3. The molecule has 0 aliphatic heterocycles. The molecule has 1 aliphatic carbocycles. The van der Waals surface area contributed by atoms with Crippen LogP contribution in [-0.2, 0) is 30.3 Å². The molecule has 202 valence electrons. The van der Waals surface area contributed by atoms with Gasteiger partial charge in [0.25, 0.3) is 0 Å². The molecule has 0 aromatic heterocycles. The molecule has 13 heteroatoms. The highest BCUT2D eigenvalue weighted by Gasteiger charge is 2.43. The predicted molar refractivity (Wildman–Crippen MR) is 107 cm³/mol. The van der Waals surface area contributed by atoms with Crippen molar-refractivity contribution in [2.45, 2.75) is 49.6 Å². The van der Waals surface area contributed by atoms with Crippen LogP contribution in [0.4, 0.5) is 52.7 Å². The Bertz CT molecular complexity index is 1070. The van der Waals surface area contributed by atoms with E-state index in [4.69, 9.17) is 0 Å². The lowest BCUT2D eigenvalue weighted by Crippen LogP contribution is -2.30. The molecule has 0 fully saturated rings. The number of halogens is 12. The summed E-state index contributed by atoms with van der Waals surface area (Å²) in [5.41, 5.74) is -12.5. The average Bonchev–Trinajstić information content (AvgIpc) is 3.28. The fourth-order valence-electron chi connectivity index (χ4n) is 3.86. The number of benzene rings is 2. The van der Waals surface area contributed by atoms with Gasteiger partial charge in [-0.2, -0.15) is 52.7 Å². The summed E-state index contributed by atoms with van der Waals surface area (Å²) in [7, 11) is 0. The maximum atomic E-state index is 13.4. The van der Waals surface area contributed by atoms with E-state index in [0.717, 1.165) is 0 Å². The zero-order chi connectivity index (χ0) is 28.0. The summed E-state index contributed by atoms with van der Waals surface area (Å²) >= 11 is 0. The topological polar surface area (TPSA) is 20.2 Å². The van der Waals surface area contributed by atoms with Gasteiger partial charge in [-0.3, -0.25) is 0 Å². The van der Waals surface area contributed by atoms with Crippen molar-refractivity contribution >= 4 is 0 Å². The van der Waals surface area contributed by atoms with E-state index in [-0.39, 0.29) is 42.8 Å². The predicted octanol–water partition coefficient (Wildman–Crippen LogP) is 8.66. The van der Waals surface area contributed by atoms with Crippen molar-refractivity contribution in [2.75, 3.05) is 0 Å². The molecular weight excluding hydrogens is 532 g/mol. The van der Waals surface area contributed by atoms with E-state index in [0.29, 0.717) is 12.0 Å². The fourth-order valence-corrected chi connectivity index (χ4v) is 3.86. The first-order valence-electron chi connectivity index (χ1n) is 10.4. The third kappa shape index (κ3) is 6.49. The summed E-state index contributed by atoms with van der Waals surface area (Å²) in [5.74, 6) is 0. The lowest BCUT2D eigenvalue weighted by atomic mass is 9.79. The van der Waals surface area contributed by atoms with Crippen LogP contribution in [0, 0.1) is 0 Å². The molecule has 0 saturated carbocycles. The Morgan fingerprint density at radius 1 is 0.541 bits per heavy atom. The standard InChI is InChI=1S/C24H16F12O/c25-21(26,27)16-7-14(8-17(11-16)22(28,29)30)20(37,6-5-13-3-1-2-4-13)15-9-18(23(31,32)33)12-19(10-15)24(34,35)36/h1,3-4,7-12,37H,2,5-6H2. The van der Waals surface area contributed by atoms with E-state index >= 15 is 0 Å². The van der Waals surface area contributed by atoms with Crippen LogP contribution >= 0.6 is 0 Å². The monoisotopic (exact) mass is 548 g/mol. The quantitative estimate of drug-likeness (QED) is 0.371. The molecule has 0 saturated heterocycles. The lowest BCUT2D eigenvalue weighted by Gasteiger charge is -2.32. The van der Waals surface area contributed by atoms with E-state index in [9.17, 15) is 57.8 Å². The highest BCUT2D eigenvalue weighted by atomic mass is 19.4. The van der Waals surface area contributed by atoms with Crippen LogP contribution in [0.2, 0.25) is 0 Å². The van der Waals surface area contributed by atoms with Crippen molar-refractivity contribution in [3.63, 3.8) is 0 Å². The first-order chi connectivity index (χ1) is 16.7. The Balaban J connectivity index is 2.35. The Hall–Kier alpha value is -2.96. The summed E-state index contributed by atoms with van der Waals surface area (Å²) in [6.45, 7) is 0. The maximum absolute atomic E-state index is 13.4. The minimum Gasteiger partial charge on any atom is -0.380 e. The molecule has 0 radical (unpaired) electrons. The lowest BCUT2D eigenvalue weighted by molar-refractivity contribution is -0.144. The highest BCUT2D eigenvalue weighted by Crippen LogP contribution is 2.45. The molecule has 2 aromatic rings. The second kappa shape index (κ2) is 9.41. The molecule has 3 rings (SSSR count). The molecule has 0 atom stereocenters. The van der Waals surface area contributed by atoms with E-state index in [1.54, 1.807) is 12.2 Å². The Labute approximate surface area is 201 Å². The molecule has 0 spiro atoms. The third-order valence-electron chi connectivity index (χ3n) is 5.75. The second-order valence-electron chi connectivity index (χ2n) is 8.37. The number of aliphatic hydroxyl groups is 1. The molecule has 1 aliphatic rings. The molecule has 0 heterocycles. The number of rotatable bonds is 5. The van der Waals surface area contributed by atoms with Crippen LogP contribution in [0.1, 0.15) is 52.6 Å². The van der Waals surface area contributed by atoms with Crippen LogP contribution in [0.5, 0.6) is 0 Å². The highest BCUT2D eigenvalue weighted by molar-refractivity contribution is 5.46. The molecule has 0 bridgehead atoms. The van der Waals surface area contributed by atoms with Crippen molar-refractivity contribution in [2.24, 2.45) is 0 Å². The van der Waals surface area contributed by atoms with Gasteiger partial charge in [0.15, 0.2) is 0 Å². The smallest absolute Gasteiger partial charge is 0.380 e. The molecule has 1 nitrogen and oxygen atoms in total. The molecule has 37 heavy (non-hydrogen) atoms. The Morgan fingerprint density at radius 3 is 1.14 bits per heavy atom. The normalized spacial score (nSPS) is 15.3. The third-order valence-corrected chi connectivity index (χ3v) is 5.75. The second-order valence-corrected chi connectivity index (χ2v) is 8.37. The molecular formula is C24H16F12O. The van der Waals surface area contributed by atoms with Gasteiger partial charge in [-0.25, -0.2) is 0 Å². The minimum atomic E-state index is -5.38. The van der Waals surface area contributed by atoms with Crippen LogP contribution < -0.4 is 0 Å². The zero-order valence-electron chi connectivity index (χ0n) is 18.3. The first kappa shape index (κ1) is 28.6. The van der Waals surface area contributed by atoms with Crippen molar-refractivity contribution in [1.82, 2.24) is 0 Å². The van der Waals surface area contributed by atoms with Crippen molar-refractivity contribution < 1.29 is 57.8 Å². The fraction of sp³-hybridized carbons (Fsp3) is 0.333. The molecule has 0 amide bonds. The van der Waals surface area contributed by atoms with Gasteiger partial charge in [0.1, 0.15) is 5.60 Å². The summed E-state index contributed by atoms with van der Waals surface area (Å²) in [6, 6.07) is -0.189. The van der Waals surface area contributed by atoms with Crippen molar-refractivity contribution in [3.8, 4) is 0 Å². The summed E-state index contributed by atoms with van der Waals surface area (Å²) in [4.78, 5) is 0. The van der Waals surface area contributed by atoms with Gasteiger partial charge in [0.05, 0.1) is 22.3 Å². The van der Waals surface area contributed by atoms with Crippen molar-refractivity contribution in [3.05, 3.63) is 93.6 Å². The van der Waals surface area contributed by atoms with Gasteiger partial charge >= 0.3 is 24.7 Å².